The van der Waals surface area contributed by atoms with Gasteiger partial charge in [0.15, 0.2) is 5.71 Å². The third-order valence-electron chi connectivity index (χ3n) is 3.00. The summed E-state index contributed by atoms with van der Waals surface area (Å²) < 4.78 is 5.30. The van der Waals surface area contributed by atoms with Gasteiger partial charge in [0.1, 0.15) is 5.75 Å². The lowest BCUT2D eigenvalue weighted by atomic mass is 10.1. The Balaban J connectivity index is 1.96. The van der Waals surface area contributed by atoms with Gasteiger partial charge in [0, 0.05) is 0 Å². The molecule has 1 aliphatic heterocycles. The second-order valence-corrected chi connectivity index (χ2v) is 4.75. The number of halogens is 1. The van der Waals surface area contributed by atoms with Crippen LogP contribution in [0.3, 0.4) is 0 Å². The minimum Gasteiger partial charge on any atom is -0.424 e. The zero-order valence-corrected chi connectivity index (χ0v) is 11.4. The van der Waals surface area contributed by atoms with Gasteiger partial charge in [-0.3, -0.25) is 15.5 Å². The van der Waals surface area contributed by atoms with E-state index in [1.54, 1.807) is 48.5 Å². The van der Waals surface area contributed by atoms with E-state index in [-0.39, 0.29) is 5.71 Å². The minimum atomic E-state index is -1.32. The van der Waals surface area contributed by atoms with Crippen LogP contribution in [0.4, 0.5) is 5.69 Å². The maximum atomic E-state index is 11.1. The summed E-state index contributed by atoms with van der Waals surface area (Å²) >= 11 is 6.01. The Labute approximate surface area is 125 Å². The van der Waals surface area contributed by atoms with E-state index in [1.807, 2.05) is 0 Å². The van der Waals surface area contributed by atoms with Crippen molar-refractivity contribution in [3.05, 3.63) is 69.2 Å². The highest BCUT2D eigenvalue weighted by atomic mass is 35.5. The van der Waals surface area contributed by atoms with Gasteiger partial charge in [0.2, 0.25) is 0 Å². The Morgan fingerprint density at radius 3 is 2.67 bits per heavy atom. The summed E-state index contributed by atoms with van der Waals surface area (Å²) in [5.41, 5.74) is 4.13. The zero-order valence-electron chi connectivity index (χ0n) is 10.7. The van der Waals surface area contributed by atoms with Crippen molar-refractivity contribution in [3.63, 3.8) is 0 Å². The van der Waals surface area contributed by atoms with Gasteiger partial charge >= 0.3 is 6.23 Å². The van der Waals surface area contributed by atoms with E-state index in [2.05, 4.69) is 10.5 Å². The van der Waals surface area contributed by atoms with Crippen LogP contribution in [-0.2, 0) is 0 Å². The van der Waals surface area contributed by atoms with Gasteiger partial charge in [0.05, 0.1) is 21.2 Å². The summed E-state index contributed by atoms with van der Waals surface area (Å²) in [4.78, 5) is 10.6. The number of hydrazone groups is 1. The first-order chi connectivity index (χ1) is 10.2. The third-order valence-corrected chi connectivity index (χ3v) is 3.33. The molecule has 6 nitrogen and oxygen atoms in total. The summed E-state index contributed by atoms with van der Waals surface area (Å²) in [6.07, 6.45) is -1.32. The average molecular weight is 304 g/mol. The molecular weight excluding hydrogens is 294 g/mol. The van der Waals surface area contributed by atoms with Gasteiger partial charge in [0.25, 0.3) is 0 Å². The fourth-order valence-corrected chi connectivity index (χ4v) is 2.20. The molecule has 2 aromatic carbocycles. The smallest absolute Gasteiger partial charge is 0.400 e. The van der Waals surface area contributed by atoms with Crippen LogP contribution < -0.4 is 10.2 Å². The number of anilines is 1. The number of nitrogens with one attached hydrogen (secondary N) is 1. The van der Waals surface area contributed by atoms with Crippen LogP contribution in [0.15, 0.2) is 53.6 Å². The Morgan fingerprint density at radius 2 is 1.90 bits per heavy atom. The summed E-state index contributed by atoms with van der Waals surface area (Å²) in [6.45, 7) is 0. The highest BCUT2D eigenvalue weighted by Gasteiger charge is 2.39. The van der Waals surface area contributed by atoms with E-state index in [4.69, 9.17) is 16.3 Å². The van der Waals surface area contributed by atoms with Crippen LogP contribution in [0.1, 0.15) is 5.56 Å². The van der Waals surface area contributed by atoms with E-state index in [0.29, 0.717) is 22.0 Å². The van der Waals surface area contributed by atoms with E-state index >= 15 is 0 Å². The maximum Gasteiger partial charge on any atom is 0.400 e. The summed E-state index contributed by atoms with van der Waals surface area (Å²) in [6, 6.07) is 13.9. The molecule has 21 heavy (non-hydrogen) atoms. The second-order valence-electron chi connectivity index (χ2n) is 4.34. The van der Waals surface area contributed by atoms with Gasteiger partial charge < -0.3 is 4.74 Å². The first kappa shape index (κ1) is 13.4. The molecule has 106 valence electrons. The lowest BCUT2D eigenvalue weighted by Crippen LogP contribution is -2.31. The van der Waals surface area contributed by atoms with Crippen LogP contribution in [0.5, 0.6) is 5.75 Å². The number of rotatable bonds is 3. The first-order valence-corrected chi connectivity index (χ1v) is 6.52. The van der Waals surface area contributed by atoms with Gasteiger partial charge in [-0.25, -0.2) is 0 Å². The molecule has 1 N–H and O–H groups in total. The van der Waals surface area contributed by atoms with E-state index in [1.165, 1.54) is 0 Å². The Bertz CT molecular complexity index is 733. The number of para-hydroxylation sites is 2. The predicted molar refractivity (Wildman–Crippen MR) is 79.5 cm³/mol. The minimum absolute atomic E-state index is 0.218. The highest BCUT2D eigenvalue weighted by Crippen LogP contribution is 2.29. The maximum absolute atomic E-state index is 11.1. The molecule has 7 heteroatoms. The highest BCUT2D eigenvalue weighted by molar-refractivity contribution is 6.33. The van der Waals surface area contributed by atoms with Crippen molar-refractivity contribution in [2.75, 3.05) is 5.43 Å². The fourth-order valence-electron chi connectivity index (χ4n) is 2.02. The quantitative estimate of drug-likeness (QED) is 0.698. The van der Waals surface area contributed by atoms with Crippen molar-refractivity contribution in [1.29, 1.82) is 0 Å². The lowest BCUT2D eigenvalue weighted by Gasteiger charge is -2.05. The molecule has 0 saturated heterocycles. The molecule has 1 atom stereocenters. The Kier molecular flexibility index (Phi) is 3.45. The molecule has 0 bridgehead atoms. The van der Waals surface area contributed by atoms with E-state index < -0.39 is 11.2 Å². The summed E-state index contributed by atoms with van der Waals surface area (Å²) in [5.74, 6) is 0.443. The largest absolute Gasteiger partial charge is 0.424 e. The number of fused-ring (bicyclic) bond motifs is 1. The summed E-state index contributed by atoms with van der Waals surface area (Å²) in [5, 5.41) is 15.7. The van der Waals surface area contributed by atoms with Gasteiger partial charge in [-0.05, 0) is 24.3 Å². The van der Waals surface area contributed by atoms with Crippen LogP contribution >= 0.6 is 11.6 Å². The number of hydrogen-bond acceptors (Lipinski definition) is 5. The van der Waals surface area contributed by atoms with Crippen molar-refractivity contribution >= 4 is 23.0 Å². The third kappa shape index (κ3) is 2.53. The topological polar surface area (TPSA) is 76.8 Å². The van der Waals surface area contributed by atoms with Gasteiger partial charge in [-0.1, -0.05) is 35.9 Å². The normalized spacial score (nSPS) is 18.1. The van der Waals surface area contributed by atoms with Crippen molar-refractivity contribution in [3.8, 4) is 5.75 Å². The van der Waals surface area contributed by atoms with Crippen LogP contribution in [-0.4, -0.2) is 16.9 Å². The molecule has 0 aliphatic carbocycles. The monoisotopic (exact) mass is 303 g/mol. The van der Waals surface area contributed by atoms with Crippen molar-refractivity contribution < 1.29 is 9.66 Å². The number of hydrogen-bond donors (Lipinski definition) is 1. The molecule has 0 fully saturated rings. The van der Waals surface area contributed by atoms with Crippen molar-refractivity contribution in [1.82, 2.24) is 0 Å². The molecule has 0 aromatic heterocycles. The Hall–Kier alpha value is -2.60. The van der Waals surface area contributed by atoms with Gasteiger partial charge in [-0.2, -0.15) is 5.10 Å². The number of nitrogens with zero attached hydrogens (tertiary/aromatic N) is 2. The predicted octanol–water partition coefficient (Wildman–Crippen LogP) is 3.15. The lowest BCUT2D eigenvalue weighted by molar-refractivity contribution is -0.538. The summed E-state index contributed by atoms with van der Waals surface area (Å²) in [7, 11) is 0. The molecule has 1 heterocycles. The molecule has 0 spiro atoms. The zero-order chi connectivity index (χ0) is 14.8. The number of ether oxygens (including phenoxy) is 1. The van der Waals surface area contributed by atoms with Crippen LogP contribution in [0, 0.1) is 10.1 Å². The van der Waals surface area contributed by atoms with Crippen molar-refractivity contribution in [2.45, 2.75) is 6.23 Å². The number of nitro groups is 1. The molecule has 0 radical (unpaired) electrons. The SMILES string of the molecule is O=[N+]([O-])C1Oc2ccccc2C1=NNc1ccccc1Cl. The van der Waals surface area contributed by atoms with Crippen LogP contribution in [0.2, 0.25) is 5.02 Å². The molecule has 3 rings (SSSR count). The van der Waals surface area contributed by atoms with E-state index in [9.17, 15) is 10.1 Å². The molecule has 0 saturated carbocycles. The fraction of sp³-hybridized carbons (Fsp3) is 0.0714. The molecule has 1 aliphatic rings. The van der Waals surface area contributed by atoms with Crippen LogP contribution in [0.25, 0.3) is 0 Å². The average Bonchev–Trinajstić information content (AvgIpc) is 2.85. The van der Waals surface area contributed by atoms with Gasteiger partial charge in [-0.15, -0.1) is 0 Å². The van der Waals surface area contributed by atoms with Crippen molar-refractivity contribution in [2.24, 2.45) is 5.10 Å². The number of benzene rings is 2. The first-order valence-electron chi connectivity index (χ1n) is 6.14. The molecule has 2 aromatic rings. The Morgan fingerprint density at radius 1 is 1.19 bits per heavy atom. The molecule has 0 amide bonds. The molecule has 1 unspecified atom stereocenters. The molecular formula is C14H10ClN3O3. The van der Waals surface area contributed by atoms with E-state index in [0.717, 1.165) is 0 Å². The second kappa shape index (κ2) is 5.41. The standard InChI is InChI=1S/C14H10ClN3O3/c15-10-6-2-3-7-11(10)16-17-13-9-5-1-4-8-12(9)21-14(13)18(19)20/h1-8,14,16H.